The average Bonchev–Trinajstić information content (AvgIpc) is 2.81. The highest BCUT2D eigenvalue weighted by Gasteiger charge is 2.27. The summed E-state index contributed by atoms with van der Waals surface area (Å²) in [5.74, 6) is 1.63. The molecule has 24 heavy (non-hydrogen) atoms. The van der Waals surface area contributed by atoms with Gasteiger partial charge in [0.15, 0.2) is 5.96 Å². The van der Waals surface area contributed by atoms with Gasteiger partial charge >= 0.3 is 0 Å². The summed E-state index contributed by atoms with van der Waals surface area (Å²) in [6, 6.07) is 0. The first-order valence-corrected chi connectivity index (χ1v) is 10.1. The van der Waals surface area contributed by atoms with Gasteiger partial charge in [-0.05, 0) is 25.7 Å². The zero-order valence-electron chi connectivity index (χ0n) is 15.1. The molecule has 1 aliphatic rings. The summed E-state index contributed by atoms with van der Waals surface area (Å²) in [7, 11) is -3.03. The normalized spacial score (nSPS) is 17.8. The molecular formula is C15H33IN4O3S. The minimum Gasteiger partial charge on any atom is -0.380 e. The highest BCUT2D eigenvalue weighted by atomic mass is 127. The summed E-state index contributed by atoms with van der Waals surface area (Å²) < 4.78 is 30.5. The van der Waals surface area contributed by atoms with Crippen LogP contribution in [0.5, 0.6) is 0 Å². The maximum atomic E-state index is 11.7. The van der Waals surface area contributed by atoms with Crippen molar-refractivity contribution in [2.45, 2.75) is 33.6 Å². The number of hydrogen-bond donors (Lipinski definition) is 2. The fourth-order valence-electron chi connectivity index (χ4n) is 2.22. The number of halogens is 1. The van der Waals surface area contributed by atoms with E-state index in [0.717, 1.165) is 26.0 Å². The third-order valence-electron chi connectivity index (χ3n) is 3.55. The van der Waals surface area contributed by atoms with Crippen molar-refractivity contribution in [1.29, 1.82) is 0 Å². The third kappa shape index (κ3) is 10.00. The lowest BCUT2D eigenvalue weighted by atomic mass is 10.1. The fourth-order valence-corrected chi connectivity index (χ4v) is 3.74. The van der Waals surface area contributed by atoms with Crippen LogP contribution in [-0.4, -0.2) is 70.4 Å². The molecule has 0 aliphatic carbocycles. The molecule has 0 aromatic rings. The van der Waals surface area contributed by atoms with Crippen LogP contribution in [0.4, 0.5) is 0 Å². The van der Waals surface area contributed by atoms with Crippen molar-refractivity contribution in [3.8, 4) is 0 Å². The molecule has 144 valence electrons. The predicted octanol–water partition coefficient (Wildman–Crippen LogP) is 1.26. The lowest BCUT2D eigenvalue weighted by Gasteiger charge is -2.14. The monoisotopic (exact) mass is 476 g/mol. The van der Waals surface area contributed by atoms with Gasteiger partial charge in [-0.3, -0.25) is 4.99 Å². The van der Waals surface area contributed by atoms with Gasteiger partial charge in [-0.15, -0.1) is 24.0 Å². The van der Waals surface area contributed by atoms with Crippen molar-refractivity contribution >= 4 is 40.0 Å². The fraction of sp³-hybridized carbons (Fsp3) is 0.933. The summed E-state index contributed by atoms with van der Waals surface area (Å²) in [5, 5.41) is 6.35. The number of nitrogens with one attached hydrogen (secondary N) is 2. The predicted molar refractivity (Wildman–Crippen MR) is 110 cm³/mol. The molecule has 0 bridgehead atoms. The van der Waals surface area contributed by atoms with Gasteiger partial charge in [-0.25, -0.2) is 12.7 Å². The van der Waals surface area contributed by atoms with Gasteiger partial charge in [0, 0.05) is 32.8 Å². The summed E-state index contributed by atoms with van der Waals surface area (Å²) in [4.78, 5) is 4.42. The molecule has 0 aromatic heterocycles. The number of guanidine groups is 1. The second-order valence-electron chi connectivity index (χ2n) is 6.05. The Labute approximate surface area is 164 Å². The van der Waals surface area contributed by atoms with Crippen molar-refractivity contribution in [3.05, 3.63) is 0 Å². The molecule has 0 amide bonds. The molecule has 1 saturated heterocycles. The molecule has 1 fully saturated rings. The van der Waals surface area contributed by atoms with E-state index in [1.807, 2.05) is 6.92 Å². The maximum absolute atomic E-state index is 11.7. The molecule has 0 aromatic carbocycles. The summed E-state index contributed by atoms with van der Waals surface area (Å²) >= 11 is 0. The van der Waals surface area contributed by atoms with E-state index in [-0.39, 0.29) is 29.7 Å². The summed E-state index contributed by atoms with van der Waals surface area (Å²) in [5.41, 5.74) is 0. The Hall–Kier alpha value is -0.130. The first-order valence-electron chi connectivity index (χ1n) is 8.53. The van der Waals surface area contributed by atoms with Crippen LogP contribution in [0.25, 0.3) is 0 Å². The van der Waals surface area contributed by atoms with Gasteiger partial charge in [0.25, 0.3) is 0 Å². The van der Waals surface area contributed by atoms with Gasteiger partial charge < -0.3 is 15.4 Å². The standard InChI is InChI=1S/C15H32N4O3S.HI/c1-4-16-15(18-8-12-22-11-6-14(2)3)17-7-10-19-9-5-13-23(19,20)21;/h14H,4-13H2,1-3H3,(H2,16,17,18);1H. The third-order valence-corrected chi connectivity index (χ3v) is 5.50. The first-order chi connectivity index (χ1) is 11.0. The molecule has 0 atom stereocenters. The van der Waals surface area contributed by atoms with Crippen LogP contribution in [0.2, 0.25) is 0 Å². The second kappa shape index (κ2) is 13.1. The quantitative estimate of drug-likeness (QED) is 0.215. The molecule has 0 unspecified atom stereocenters. The molecule has 0 radical (unpaired) electrons. The maximum Gasteiger partial charge on any atom is 0.214 e. The minimum absolute atomic E-state index is 0. The lowest BCUT2D eigenvalue weighted by molar-refractivity contribution is 0.128. The molecule has 2 N–H and O–H groups in total. The van der Waals surface area contributed by atoms with Crippen LogP contribution < -0.4 is 10.6 Å². The van der Waals surface area contributed by atoms with Gasteiger partial charge in [0.05, 0.1) is 18.9 Å². The second-order valence-corrected chi connectivity index (χ2v) is 8.14. The van der Waals surface area contributed by atoms with E-state index in [1.165, 1.54) is 4.31 Å². The number of aliphatic imine (C=N–C) groups is 1. The molecule has 0 saturated carbocycles. The zero-order chi connectivity index (χ0) is 17.1. The SMILES string of the molecule is CCNC(=NCCN1CCCS1(=O)=O)NCCOCCC(C)C.I. The van der Waals surface area contributed by atoms with Gasteiger partial charge in [-0.1, -0.05) is 13.8 Å². The van der Waals surface area contributed by atoms with Crippen LogP contribution in [-0.2, 0) is 14.8 Å². The summed E-state index contributed by atoms with van der Waals surface area (Å²) in [6.45, 7) is 10.8. The number of ether oxygens (including phenoxy) is 1. The Morgan fingerprint density at radius 3 is 2.62 bits per heavy atom. The van der Waals surface area contributed by atoms with Crippen molar-refractivity contribution in [3.63, 3.8) is 0 Å². The Kier molecular flexibility index (Phi) is 13.1. The highest BCUT2D eigenvalue weighted by Crippen LogP contribution is 2.12. The molecule has 7 nitrogen and oxygen atoms in total. The molecule has 0 spiro atoms. The van der Waals surface area contributed by atoms with E-state index in [2.05, 4.69) is 29.5 Å². The number of rotatable bonds is 10. The van der Waals surface area contributed by atoms with Gasteiger partial charge in [0.2, 0.25) is 10.0 Å². The van der Waals surface area contributed by atoms with E-state index < -0.39 is 10.0 Å². The summed E-state index contributed by atoms with van der Waals surface area (Å²) in [6.07, 6.45) is 1.79. The Morgan fingerprint density at radius 1 is 1.29 bits per heavy atom. The van der Waals surface area contributed by atoms with Crippen molar-refractivity contribution in [1.82, 2.24) is 14.9 Å². The first kappa shape index (κ1) is 23.9. The largest absolute Gasteiger partial charge is 0.380 e. The van der Waals surface area contributed by atoms with Crippen LogP contribution >= 0.6 is 24.0 Å². The average molecular weight is 476 g/mol. The number of hydrogen-bond acceptors (Lipinski definition) is 4. The Morgan fingerprint density at radius 2 is 2.04 bits per heavy atom. The highest BCUT2D eigenvalue weighted by molar-refractivity contribution is 14.0. The van der Waals surface area contributed by atoms with E-state index in [0.29, 0.717) is 44.7 Å². The van der Waals surface area contributed by atoms with Gasteiger partial charge in [-0.2, -0.15) is 0 Å². The molecular weight excluding hydrogens is 443 g/mol. The van der Waals surface area contributed by atoms with Gasteiger partial charge in [0.1, 0.15) is 0 Å². The molecule has 1 rings (SSSR count). The van der Waals surface area contributed by atoms with Crippen LogP contribution in [0.3, 0.4) is 0 Å². The van der Waals surface area contributed by atoms with E-state index in [9.17, 15) is 8.42 Å². The number of nitrogens with zero attached hydrogens (tertiary/aromatic N) is 2. The molecule has 1 heterocycles. The Balaban J connectivity index is 0.00000529. The lowest BCUT2D eigenvalue weighted by Crippen LogP contribution is -2.39. The van der Waals surface area contributed by atoms with Crippen molar-refractivity contribution in [2.75, 3.05) is 51.7 Å². The molecule has 1 aliphatic heterocycles. The zero-order valence-corrected chi connectivity index (χ0v) is 18.2. The minimum atomic E-state index is -3.03. The van der Waals surface area contributed by atoms with E-state index in [4.69, 9.17) is 4.74 Å². The van der Waals surface area contributed by atoms with Crippen molar-refractivity contribution in [2.24, 2.45) is 10.9 Å². The molecule has 9 heteroatoms. The Bertz CT molecular complexity index is 458. The van der Waals surface area contributed by atoms with Crippen molar-refractivity contribution < 1.29 is 13.2 Å². The van der Waals surface area contributed by atoms with Crippen LogP contribution in [0.15, 0.2) is 4.99 Å². The topological polar surface area (TPSA) is 83.0 Å². The van der Waals surface area contributed by atoms with Crippen LogP contribution in [0.1, 0.15) is 33.6 Å². The smallest absolute Gasteiger partial charge is 0.214 e. The van der Waals surface area contributed by atoms with E-state index in [1.54, 1.807) is 0 Å². The van der Waals surface area contributed by atoms with Crippen LogP contribution in [0, 0.1) is 5.92 Å². The van der Waals surface area contributed by atoms with E-state index >= 15 is 0 Å². The number of sulfonamides is 1.